The fourth-order valence-corrected chi connectivity index (χ4v) is 8.39. The van der Waals surface area contributed by atoms with Crippen molar-refractivity contribution in [2.24, 2.45) is 27.6 Å². The van der Waals surface area contributed by atoms with Crippen molar-refractivity contribution < 1.29 is 24.9 Å². The minimum absolute atomic E-state index is 0.0186. The molecule has 0 heterocycles. The molecule has 0 bridgehead atoms. The standard InChI is InChI=1S/C28H36O5/c1-15-16-7-8-19-24(2,17(16)13-18(29)21(15)30)9-11-27(5)20-14-28(6,33)23(32)22(31)25(20,3)10-12-26(19,27)4/h7-8,13,20,22,30-31,33H,9-12,14H2,1-6H3. The molecule has 0 saturated heterocycles. The van der Waals surface area contributed by atoms with Crippen molar-refractivity contribution in [2.75, 3.05) is 0 Å². The lowest BCUT2D eigenvalue weighted by molar-refractivity contribution is -0.212. The van der Waals surface area contributed by atoms with Gasteiger partial charge in [-0.05, 0) is 79.9 Å². The molecule has 33 heavy (non-hydrogen) atoms. The lowest BCUT2D eigenvalue weighted by atomic mass is 9.34. The molecule has 0 aliphatic heterocycles. The highest BCUT2D eigenvalue weighted by atomic mass is 16.3. The van der Waals surface area contributed by atoms with Crippen molar-refractivity contribution in [1.82, 2.24) is 0 Å². The van der Waals surface area contributed by atoms with Gasteiger partial charge in [-0.2, -0.15) is 0 Å². The van der Waals surface area contributed by atoms with Crippen LogP contribution in [0.15, 0.2) is 46.3 Å². The molecular formula is C28H36O5. The van der Waals surface area contributed by atoms with Crippen LogP contribution in [0.2, 0.25) is 0 Å². The molecule has 5 aliphatic rings. The lowest BCUT2D eigenvalue weighted by Gasteiger charge is -2.70. The summed E-state index contributed by atoms with van der Waals surface area (Å²) in [5.41, 5.74) is 0.978. The number of aliphatic hydroxyl groups excluding tert-OH is 2. The summed E-state index contributed by atoms with van der Waals surface area (Å²) < 4.78 is 0. The van der Waals surface area contributed by atoms with Crippen molar-refractivity contribution in [3.8, 4) is 0 Å². The Morgan fingerprint density at radius 2 is 1.64 bits per heavy atom. The van der Waals surface area contributed by atoms with E-state index in [0.29, 0.717) is 18.4 Å². The fraction of sp³-hybridized carbons (Fsp3) is 0.643. The van der Waals surface area contributed by atoms with Gasteiger partial charge < -0.3 is 15.3 Å². The number of Topliss-reactive ketones (excluding diaryl/α,β-unsaturated/α-hetero) is 1. The Hall–Kier alpha value is -1.98. The minimum Gasteiger partial charge on any atom is -0.504 e. The van der Waals surface area contributed by atoms with E-state index in [4.69, 9.17) is 0 Å². The van der Waals surface area contributed by atoms with Crippen LogP contribution in [0.1, 0.15) is 73.6 Å². The number of fused-ring (bicyclic) bond motifs is 7. The summed E-state index contributed by atoms with van der Waals surface area (Å²) in [5, 5.41) is 32.3. The van der Waals surface area contributed by atoms with Crippen LogP contribution in [0.5, 0.6) is 0 Å². The zero-order valence-corrected chi connectivity index (χ0v) is 20.6. The van der Waals surface area contributed by atoms with Gasteiger partial charge in [-0.25, -0.2) is 0 Å². The maximum atomic E-state index is 12.8. The number of carbonyl (C=O) groups is 2. The van der Waals surface area contributed by atoms with Gasteiger partial charge in [0.25, 0.3) is 0 Å². The molecule has 0 amide bonds. The quantitative estimate of drug-likeness (QED) is 0.503. The van der Waals surface area contributed by atoms with Crippen molar-refractivity contribution >= 4 is 11.6 Å². The molecule has 3 N–H and O–H groups in total. The summed E-state index contributed by atoms with van der Waals surface area (Å²) in [5.74, 6) is -0.975. The van der Waals surface area contributed by atoms with Crippen molar-refractivity contribution in [3.05, 3.63) is 46.3 Å². The van der Waals surface area contributed by atoms with Crippen LogP contribution < -0.4 is 0 Å². The SMILES string of the molecule is CC1=C(O)C(=O)C=C2C1=CC=C1C2(C)CCC2(C)C3CC(C)(O)C(=O)C(O)C3(C)CCC12C. The Morgan fingerprint density at radius 3 is 2.30 bits per heavy atom. The fourth-order valence-electron chi connectivity index (χ4n) is 8.39. The summed E-state index contributed by atoms with van der Waals surface area (Å²) in [4.78, 5) is 25.3. The van der Waals surface area contributed by atoms with Crippen molar-refractivity contribution in [2.45, 2.75) is 85.4 Å². The summed E-state index contributed by atoms with van der Waals surface area (Å²) in [6.45, 7) is 12.2. The molecule has 5 heteroatoms. The van der Waals surface area contributed by atoms with Gasteiger partial charge in [0, 0.05) is 16.4 Å². The molecule has 7 unspecified atom stereocenters. The van der Waals surface area contributed by atoms with E-state index >= 15 is 0 Å². The smallest absolute Gasteiger partial charge is 0.220 e. The third-order valence-electron chi connectivity index (χ3n) is 10.9. The monoisotopic (exact) mass is 452 g/mol. The number of hydrogen-bond donors (Lipinski definition) is 3. The highest BCUT2D eigenvalue weighted by Gasteiger charge is 2.70. The Morgan fingerprint density at radius 1 is 0.970 bits per heavy atom. The second kappa shape index (κ2) is 6.37. The van der Waals surface area contributed by atoms with Gasteiger partial charge in [0.2, 0.25) is 5.78 Å². The second-order valence-corrected chi connectivity index (χ2v) is 12.4. The van der Waals surface area contributed by atoms with Crippen LogP contribution in [-0.2, 0) is 9.59 Å². The summed E-state index contributed by atoms with van der Waals surface area (Å²) in [7, 11) is 0. The highest BCUT2D eigenvalue weighted by molar-refractivity contribution is 6.06. The molecule has 5 aliphatic carbocycles. The molecule has 3 fully saturated rings. The normalized spacial score (nSPS) is 49.3. The Kier molecular flexibility index (Phi) is 4.40. The van der Waals surface area contributed by atoms with Gasteiger partial charge in [-0.3, -0.25) is 9.59 Å². The molecule has 5 nitrogen and oxygen atoms in total. The van der Waals surface area contributed by atoms with Crippen LogP contribution in [0.25, 0.3) is 0 Å². The molecule has 0 aromatic carbocycles. The summed E-state index contributed by atoms with van der Waals surface area (Å²) >= 11 is 0. The van der Waals surface area contributed by atoms with Crippen LogP contribution in [0.4, 0.5) is 0 Å². The zero-order valence-electron chi connectivity index (χ0n) is 20.6. The van der Waals surface area contributed by atoms with Crippen molar-refractivity contribution in [1.29, 1.82) is 0 Å². The van der Waals surface area contributed by atoms with E-state index in [1.807, 2.05) is 13.0 Å². The molecule has 0 aromatic rings. The number of rotatable bonds is 0. The first-order chi connectivity index (χ1) is 15.1. The van der Waals surface area contributed by atoms with Crippen LogP contribution in [-0.4, -0.2) is 38.6 Å². The second-order valence-electron chi connectivity index (χ2n) is 12.4. The highest BCUT2D eigenvalue weighted by Crippen LogP contribution is 2.74. The Bertz CT molecular complexity index is 1120. The number of ketones is 2. The van der Waals surface area contributed by atoms with Crippen molar-refractivity contribution in [3.63, 3.8) is 0 Å². The zero-order chi connectivity index (χ0) is 24.4. The Labute approximate surface area is 196 Å². The first-order valence-corrected chi connectivity index (χ1v) is 12.2. The molecule has 0 radical (unpaired) electrons. The third kappa shape index (κ3) is 2.50. The average molecular weight is 453 g/mol. The summed E-state index contributed by atoms with van der Waals surface area (Å²) in [6.07, 6.45) is 8.27. The van der Waals surface area contributed by atoms with Crippen LogP contribution in [0.3, 0.4) is 0 Å². The minimum atomic E-state index is -1.53. The Balaban J connectivity index is 1.67. The van der Waals surface area contributed by atoms with Crippen LogP contribution in [0, 0.1) is 27.6 Å². The number of allylic oxidation sites excluding steroid dienone is 7. The van der Waals surface area contributed by atoms with Gasteiger partial charge >= 0.3 is 0 Å². The number of carbonyl (C=O) groups excluding carboxylic acids is 2. The summed E-state index contributed by atoms with van der Waals surface area (Å²) in [6, 6.07) is 0. The van der Waals surface area contributed by atoms with E-state index < -0.39 is 22.9 Å². The topological polar surface area (TPSA) is 94.8 Å². The van der Waals surface area contributed by atoms with Gasteiger partial charge in [-0.15, -0.1) is 0 Å². The van der Waals surface area contributed by atoms with E-state index in [1.54, 1.807) is 19.9 Å². The predicted octanol–water partition coefficient (Wildman–Crippen LogP) is 4.51. The number of aliphatic hydroxyl groups is 3. The van der Waals surface area contributed by atoms with Gasteiger partial charge in [0.1, 0.15) is 11.7 Å². The van der Waals surface area contributed by atoms with Gasteiger partial charge in [0.15, 0.2) is 11.5 Å². The molecule has 7 atom stereocenters. The number of hydrogen-bond acceptors (Lipinski definition) is 5. The molecule has 0 aromatic heterocycles. The maximum absolute atomic E-state index is 12.8. The predicted molar refractivity (Wildman–Crippen MR) is 125 cm³/mol. The molecule has 0 spiro atoms. The van der Waals surface area contributed by atoms with Gasteiger partial charge in [-0.1, -0.05) is 45.4 Å². The molecular weight excluding hydrogens is 416 g/mol. The third-order valence-corrected chi connectivity index (χ3v) is 10.9. The van der Waals surface area contributed by atoms with Crippen LogP contribution >= 0.6 is 0 Å². The van der Waals surface area contributed by atoms with E-state index in [-0.39, 0.29) is 33.7 Å². The first-order valence-electron chi connectivity index (χ1n) is 12.2. The molecule has 178 valence electrons. The average Bonchev–Trinajstić information content (AvgIpc) is 2.75. The largest absolute Gasteiger partial charge is 0.504 e. The molecule has 3 saturated carbocycles. The van der Waals surface area contributed by atoms with E-state index in [9.17, 15) is 24.9 Å². The van der Waals surface area contributed by atoms with E-state index in [2.05, 4.69) is 26.8 Å². The maximum Gasteiger partial charge on any atom is 0.220 e. The van der Waals surface area contributed by atoms with Gasteiger partial charge in [0.05, 0.1) is 0 Å². The van der Waals surface area contributed by atoms with E-state index in [0.717, 1.165) is 30.4 Å². The molecule has 5 rings (SSSR count). The van der Waals surface area contributed by atoms with E-state index in [1.165, 1.54) is 5.57 Å². The lowest BCUT2D eigenvalue weighted by Crippen LogP contribution is -2.68. The first kappa shape index (κ1) is 22.8.